The minimum Gasteiger partial charge on any atom is -0.496 e. The summed E-state index contributed by atoms with van der Waals surface area (Å²) in [6.45, 7) is 3.88. The number of aryl methyl sites for hydroxylation is 1. The van der Waals surface area contributed by atoms with E-state index in [0.717, 1.165) is 28.1 Å². The standard InChI is InChI=1S/C19H17ClN2O2S/c1-11-7-8-13(9-16(11)24-3)10-17-18(23)22-19(25-17)21-15-6-4-5-14(20)12(15)2/h4-10H,1-3H3,(H,21,22,23)/b17-10-. The summed E-state index contributed by atoms with van der Waals surface area (Å²) in [6.07, 6.45) is 1.83. The molecule has 1 amide bonds. The summed E-state index contributed by atoms with van der Waals surface area (Å²) in [6, 6.07) is 11.4. The van der Waals surface area contributed by atoms with Crippen molar-refractivity contribution in [2.24, 2.45) is 4.99 Å². The Morgan fingerprint density at radius 2 is 2.04 bits per heavy atom. The van der Waals surface area contributed by atoms with E-state index in [1.165, 1.54) is 11.8 Å². The number of amidine groups is 1. The van der Waals surface area contributed by atoms with Gasteiger partial charge in [-0.3, -0.25) is 4.79 Å². The molecule has 4 nitrogen and oxygen atoms in total. The van der Waals surface area contributed by atoms with Crippen LogP contribution in [0.1, 0.15) is 16.7 Å². The fourth-order valence-electron chi connectivity index (χ4n) is 2.38. The molecule has 1 aliphatic rings. The lowest BCUT2D eigenvalue weighted by molar-refractivity contribution is -0.115. The molecule has 2 aromatic rings. The predicted octanol–water partition coefficient (Wildman–Crippen LogP) is 4.86. The zero-order valence-electron chi connectivity index (χ0n) is 14.1. The fourth-order valence-corrected chi connectivity index (χ4v) is 3.39. The van der Waals surface area contributed by atoms with Gasteiger partial charge < -0.3 is 10.1 Å². The maximum Gasteiger partial charge on any atom is 0.264 e. The Morgan fingerprint density at radius 3 is 2.80 bits per heavy atom. The van der Waals surface area contributed by atoms with E-state index in [2.05, 4.69) is 10.3 Å². The van der Waals surface area contributed by atoms with Gasteiger partial charge in [-0.05, 0) is 66.6 Å². The van der Waals surface area contributed by atoms with Crippen LogP contribution in [-0.2, 0) is 4.79 Å². The highest BCUT2D eigenvalue weighted by Crippen LogP contribution is 2.31. The Morgan fingerprint density at radius 1 is 1.24 bits per heavy atom. The lowest BCUT2D eigenvalue weighted by Gasteiger charge is -2.05. The number of carbonyl (C=O) groups is 1. The summed E-state index contributed by atoms with van der Waals surface area (Å²) in [4.78, 5) is 17.3. The van der Waals surface area contributed by atoms with Crippen molar-refractivity contribution in [3.8, 4) is 5.75 Å². The Labute approximate surface area is 155 Å². The summed E-state index contributed by atoms with van der Waals surface area (Å²) < 4.78 is 5.33. The van der Waals surface area contributed by atoms with Gasteiger partial charge in [0.1, 0.15) is 5.75 Å². The number of hydrogen-bond acceptors (Lipinski definition) is 4. The van der Waals surface area contributed by atoms with E-state index in [1.807, 2.05) is 56.3 Å². The van der Waals surface area contributed by atoms with Gasteiger partial charge in [-0.25, -0.2) is 4.99 Å². The first-order valence-corrected chi connectivity index (χ1v) is 8.86. The summed E-state index contributed by atoms with van der Waals surface area (Å²) >= 11 is 7.43. The first-order valence-electron chi connectivity index (χ1n) is 7.67. The number of thioether (sulfide) groups is 1. The van der Waals surface area contributed by atoms with Crippen LogP contribution in [0.4, 0.5) is 5.69 Å². The number of methoxy groups -OCH3 is 1. The molecule has 1 saturated heterocycles. The van der Waals surface area contributed by atoms with E-state index < -0.39 is 0 Å². The van der Waals surface area contributed by atoms with Crippen molar-refractivity contribution in [1.29, 1.82) is 0 Å². The van der Waals surface area contributed by atoms with Crippen molar-refractivity contribution in [2.45, 2.75) is 13.8 Å². The summed E-state index contributed by atoms with van der Waals surface area (Å²) in [5.41, 5.74) is 3.58. The van der Waals surface area contributed by atoms with E-state index in [9.17, 15) is 4.79 Å². The predicted molar refractivity (Wildman–Crippen MR) is 105 cm³/mol. The van der Waals surface area contributed by atoms with Crippen LogP contribution in [0.2, 0.25) is 5.02 Å². The molecule has 2 aromatic carbocycles. The molecule has 1 aliphatic heterocycles. The molecule has 0 atom stereocenters. The molecule has 0 saturated carbocycles. The van der Waals surface area contributed by atoms with E-state index in [4.69, 9.17) is 16.3 Å². The number of aliphatic imine (C=N–C) groups is 1. The maximum absolute atomic E-state index is 12.2. The van der Waals surface area contributed by atoms with Crippen LogP contribution in [0, 0.1) is 13.8 Å². The zero-order valence-corrected chi connectivity index (χ0v) is 15.7. The minimum absolute atomic E-state index is 0.164. The lowest BCUT2D eigenvalue weighted by Crippen LogP contribution is -2.19. The van der Waals surface area contributed by atoms with Crippen molar-refractivity contribution in [3.05, 3.63) is 63.0 Å². The molecule has 128 valence electrons. The van der Waals surface area contributed by atoms with Crippen LogP contribution in [0.3, 0.4) is 0 Å². The van der Waals surface area contributed by atoms with Gasteiger partial charge in [0.05, 0.1) is 17.7 Å². The third kappa shape index (κ3) is 3.89. The van der Waals surface area contributed by atoms with Gasteiger partial charge in [-0.1, -0.05) is 29.8 Å². The molecular weight excluding hydrogens is 356 g/mol. The van der Waals surface area contributed by atoms with Crippen LogP contribution in [-0.4, -0.2) is 18.2 Å². The molecule has 3 rings (SSSR count). The number of benzene rings is 2. The fraction of sp³-hybridized carbons (Fsp3) is 0.158. The topological polar surface area (TPSA) is 50.7 Å². The molecule has 0 spiro atoms. The highest BCUT2D eigenvalue weighted by Gasteiger charge is 2.24. The van der Waals surface area contributed by atoms with Gasteiger partial charge in [0, 0.05) is 5.02 Å². The molecule has 0 bridgehead atoms. The molecule has 0 aromatic heterocycles. The van der Waals surface area contributed by atoms with Crippen molar-refractivity contribution < 1.29 is 9.53 Å². The van der Waals surface area contributed by atoms with Crippen molar-refractivity contribution in [1.82, 2.24) is 5.32 Å². The van der Waals surface area contributed by atoms with Gasteiger partial charge in [0.25, 0.3) is 5.91 Å². The van der Waals surface area contributed by atoms with E-state index >= 15 is 0 Å². The smallest absolute Gasteiger partial charge is 0.264 e. The van der Waals surface area contributed by atoms with Gasteiger partial charge >= 0.3 is 0 Å². The Balaban J connectivity index is 1.87. The van der Waals surface area contributed by atoms with Crippen LogP contribution in [0.25, 0.3) is 6.08 Å². The average Bonchev–Trinajstić information content (AvgIpc) is 2.93. The van der Waals surface area contributed by atoms with Crippen molar-refractivity contribution >= 4 is 46.2 Å². The average molecular weight is 373 g/mol. The van der Waals surface area contributed by atoms with Crippen LogP contribution < -0.4 is 10.1 Å². The summed E-state index contributed by atoms with van der Waals surface area (Å²) in [7, 11) is 1.63. The third-order valence-electron chi connectivity index (χ3n) is 3.84. The quantitative estimate of drug-likeness (QED) is 0.783. The van der Waals surface area contributed by atoms with Gasteiger partial charge in [0.2, 0.25) is 0 Å². The Bertz CT molecular complexity index is 906. The number of ether oxygens (including phenoxy) is 1. The molecule has 0 radical (unpaired) electrons. The molecule has 1 N–H and O–H groups in total. The van der Waals surface area contributed by atoms with Gasteiger partial charge in [-0.15, -0.1) is 0 Å². The van der Waals surface area contributed by atoms with Crippen molar-refractivity contribution in [3.63, 3.8) is 0 Å². The SMILES string of the molecule is COc1cc(/C=C2\SC(=Nc3cccc(Cl)c3C)NC2=O)ccc1C. The van der Waals surface area contributed by atoms with Gasteiger partial charge in [-0.2, -0.15) is 0 Å². The lowest BCUT2D eigenvalue weighted by atomic mass is 10.1. The largest absolute Gasteiger partial charge is 0.496 e. The van der Waals surface area contributed by atoms with Gasteiger partial charge in [0.15, 0.2) is 5.17 Å². The highest BCUT2D eigenvalue weighted by molar-refractivity contribution is 8.18. The van der Waals surface area contributed by atoms with Crippen LogP contribution >= 0.6 is 23.4 Å². The van der Waals surface area contributed by atoms with E-state index in [0.29, 0.717) is 15.1 Å². The van der Waals surface area contributed by atoms with Crippen molar-refractivity contribution in [2.75, 3.05) is 7.11 Å². The summed E-state index contributed by atoms with van der Waals surface area (Å²) in [5.74, 6) is 0.629. The number of halogens is 1. The number of hydrogen-bond donors (Lipinski definition) is 1. The monoisotopic (exact) mass is 372 g/mol. The number of carbonyl (C=O) groups excluding carboxylic acids is 1. The second-order valence-corrected chi connectivity index (χ2v) is 7.03. The number of amides is 1. The molecule has 1 heterocycles. The number of nitrogens with zero attached hydrogens (tertiary/aromatic N) is 1. The second-order valence-electron chi connectivity index (χ2n) is 5.59. The van der Waals surface area contributed by atoms with E-state index in [-0.39, 0.29) is 5.91 Å². The number of rotatable bonds is 3. The first-order chi connectivity index (χ1) is 12.0. The highest BCUT2D eigenvalue weighted by atomic mass is 35.5. The summed E-state index contributed by atoms with van der Waals surface area (Å²) in [5, 5.41) is 3.98. The maximum atomic E-state index is 12.2. The molecular formula is C19H17ClN2O2S. The number of nitrogens with one attached hydrogen (secondary N) is 1. The Hall–Kier alpha value is -2.24. The van der Waals surface area contributed by atoms with E-state index in [1.54, 1.807) is 7.11 Å². The first kappa shape index (κ1) is 17.6. The minimum atomic E-state index is -0.164. The molecule has 0 aliphatic carbocycles. The van der Waals surface area contributed by atoms with Crippen LogP contribution in [0.5, 0.6) is 5.75 Å². The molecule has 1 fully saturated rings. The molecule has 0 unspecified atom stereocenters. The Kier molecular flexibility index (Phi) is 5.16. The third-order valence-corrected chi connectivity index (χ3v) is 5.16. The normalized spacial score (nSPS) is 17.2. The zero-order chi connectivity index (χ0) is 18.0. The second kappa shape index (κ2) is 7.33. The molecule has 6 heteroatoms. The molecule has 25 heavy (non-hydrogen) atoms. The van der Waals surface area contributed by atoms with Crippen LogP contribution in [0.15, 0.2) is 46.3 Å².